The maximum absolute atomic E-state index is 9.09. The Hall–Kier alpha value is -2.12. The van der Waals surface area contributed by atoms with Gasteiger partial charge in [0, 0.05) is 23.9 Å². The number of anilines is 1. The third-order valence-electron chi connectivity index (χ3n) is 3.23. The van der Waals surface area contributed by atoms with E-state index in [2.05, 4.69) is 16.0 Å². The lowest BCUT2D eigenvalue weighted by atomic mass is 10.1. The first-order chi connectivity index (χ1) is 8.90. The average Bonchev–Trinajstić information content (AvgIpc) is 2.47. The minimum atomic E-state index is 0.489. The van der Waals surface area contributed by atoms with Gasteiger partial charge in [-0.05, 0) is 0 Å². The van der Waals surface area contributed by atoms with Crippen LogP contribution in [-0.2, 0) is 4.74 Å². The van der Waals surface area contributed by atoms with Crippen molar-refractivity contribution < 1.29 is 4.74 Å². The number of morpholine rings is 1. The monoisotopic (exact) mass is 239 g/mol. The summed E-state index contributed by atoms with van der Waals surface area (Å²) in [6.07, 6.45) is 1.80. The first-order valence-corrected chi connectivity index (χ1v) is 6.00. The molecule has 1 aliphatic heterocycles. The Balaban J connectivity index is 2.15. The van der Waals surface area contributed by atoms with E-state index in [0.717, 1.165) is 42.8 Å². The third kappa shape index (κ3) is 1.79. The lowest BCUT2D eigenvalue weighted by Gasteiger charge is -2.29. The number of hydrogen-bond donors (Lipinski definition) is 0. The quantitative estimate of drug-likeness (QED) is 0.763. The van der Waals surface area contributed by atoms with Gasteiger partial charge in [0.1, 0.15) is 11.8 Å². The number of nitriles is 1. The fourth-order valence-electron chi connectivity index (χ4n) is 2.32. The number of fused-ring (bicyclic) bond motifs is 1. The molecule has 0 atom stereocenters. The molecule has 4 heteroatoms. The predicted molar refractivity (Wildman–Crippen MR) is 69.5 cm³/mol. The highest BCUT2D eigenvalue weighted by Gasteiger charge is 2.15. The topological polar surface area (TPSA) is 49.2 Å². The molecule has 2 aromatic rings. The molecule has 0 radical (unpaired) electrons. The van der Waals surface area contributed by atoms with Crippen molar-refractivity contribution in [3.63, 3.8) is 0 Å². The van der Waals surface area contributed by atoms with E-state index in [1.54, 1.807) is 6.20 Å². The van der Waals surface area contributed by atoms with Crippen LogP contribution >= 0.6 is 0 Å². The first kappa shape index (κ1) is 11.0. The van der Waals surface area contributed by atoms with Crippen LogP contribution in [0.25, 0.3) is 10.8 Å². The van der Waals surface area contributed by atoms with Crippen molar-refractivity contribution in [2.24, 2.45) is 0 Å². The van der Waals surface area contributed by atoms with E-state index in [-0.39, 0.29) is 0 Å². The van der Waals surface area contributed by atoms with Crippen LogP contribution in [0.5, 0.6) is 0 Å². The molecule has 2 heterocycles. The molecular formula is C14H13N3O. The summed E-state index contributed by atoms with van der Waals surface area (Å²) in [5.41, 5.74) is 1.58. The van der Waals surface area contributed by atoms with Crippen LogP contribution < -0.4 is 4.90 Å². The minimum Gasteiger partial charge on any atom is -0.378 e. The number of aromatic nitrogens is 1. The normalized spacial score (nSPS) is 15.6. The lowest BCUT2D eigenvalue weighted by molar-refractivity contribution is 0.123. The van der Waals surface area contributed by atoms with Crippen molar-refractivity contribution >= 4 is 16.5 Å². The Morgan fingerprint density at radius 3 is 2.61 bits per heavy atom. The highest BCUT2D eigenvalue weighted by molar-refractivity contribution is 5.96. The number of ether oxygens (including phenoxy) is 1. The number of rotatable bonds is 1. The summed E-state index contributed by atoms with van der Waals surface area (Å²) in [5, 5.41) is 11.1. The molecule has 3 rings (SSSR count). The molecule has 0 saturated carbocycles. The van der Waals surface area contributed by atoms with Crippen molar-refractivity contribution in [2.45, 2.75) is 0 Å². The van der Waals surface area contributed by atoms with Crippen molar-refractivity contribution in [1.29, 1.82) is 5.26 Å². The molecule has 18 heavy (non-hydrogen) atoms. The molecule has 0 spiro atoms. The maximum Gasteiger partial charge on any atom is 0.148 e. The van der Waals surface area contributed by atoms with E-state index in [1.807, 2.05) is 24.3 Å². The van der Waals surface area contributed by atoms with E-state index in [9.17, 15) is 0 Å². The summed E-state index contributed by atoms with van der Waals surface area (Å²) in [6, 6.07) is 10.1. The zero-order chi connectivity index (χ0) is 12.4. The van der Waals surface area contributed by atoms with E-state index in [4.69, 9.17) is 10.00 Å². The Labute approximate surface area is 105 Å². The summed E-state index contributed by atoms with van der Waals surface area (Å²) in [4.78, 5) is 6.52. The Morgan fingerprint density at radius 2 is 1.89 bits per heavy atom. The summed E-state index contributed by atoms with van der Waals surface area (Å²) in [7, 11) is 0. The van der Waals surface area contributed by atoms with Gasteiger partial charge >= 0.3 is 0 Å². The van der Waals surface area contributed by atoms with Crippen LogP contribution in [0.2, 0.25) is 0 Å². The second-order valence-electron chi connectivity index (χ2n) is 4.25. The number of benzene rings is 1. The van der Waals surface area contributed by atoms with E-state index >= 15 is 0 Å². The van der Waals surface area contributed by atoms with Gasteiger partial charge in [-0.3, -0.25) is 0 Å². The SMILES string of the molecule is N#Cc1ncc(N2CCOCC2)c2ccccc12. The molecular weight excluding hydrogens is 226 g/mol. The molecule has 0 N–H and O–H groups in total. The fraction of sp³-hybridized carbons (Fsp3) is 0.286. The highest BCUT2D eigenvalue weighted by atomic mass is 16.5. The second-order valence-corrected chi connectivity index (χ2v) is 4.25. The standard InChI is InChI=1S/C14H13N3O/c15-9-13-11-3-1-2-4-12(11)14(10-16-13)17-5-7-18-8-6-17/h1-4,10H,5-8H2. The fourth-order valence-corrected chi connectivity index (χ4v) is 2.32. The molecule has 1 saturated heterocycles. The third-order valence-corrected chi connectivity index (χ3v) is 3.23. The van der Waals surface area contributed by atoms with Gasteiger partial charge in [0.15, 0.2) is 0 Å². The molecule has 0 amide bonds. The summed E-state index contributed by atoms with van der Waals surface area (Å²) in [6.45, 7) is 3.23. The van der Waals surface area contributed by atoms with Crippen LogP contribution in [-0.4, -0.2) is 31.3 Å². The summed E-state index contributed by atoms with van der Waals surface area (Å²) in [5.74, 6) is 0. The van der Waals surface area contributed by atoms with Gasteiger partial charge in [-0.15, -0.1) is 0 Å². The van der Waals surface area contributed by atoms with Crippen molar-refractivity contribution in [3.05, 3.63) is 36.2 Å². The van der Waals surface area contributed by atoms with E-state index in [0.29, 0.717) is 5.69 Å². The van der Waals surface area contributed by atoms with Crippen LogP contribution in [0.4, 0.5) is 5.69 Å². The Kier molecular flexibility index (Phi) is 2.83. The molecule has 1 aromatic carbocycles. The molecule has 1 fully saturated rings. The Bertz CT molecular complexity index is 612. The zero-order valence-corrected chi connectivity index (χ0v) is 9.97. The molecule has 0 aliphatic carbocycles. The molecule has 0 bridgehead atoms. The van der Waals surface area contributed by atoms with Crippen LogP contribution in [0.15, 0.2) is 30.5 Å². The molecule has 1 aromatic heterocycles. The molecule has 0 unspecified atom stereocenters. The largest absolute Gasteiger partial charge is 0.378 e. The van der Waals surface area contributed by atoms with Gasteiger partial charge in [0.05, 0.1) is 25.1 Å². The van der Waals surface area contributed by atoms with Crippen LogP contribution in [0, 0.1) is 11.3 Å². The van der Waals surface area contributed by atoms with E-state index in [1.165, 1.54) is 0 Å². The summed E-state index contributed by atoms with van der Waals surface area (Å²) >= 11 is 0. The van der Waals surface area contributed by atoms with Crippen molar-refractivity contribution in [3.8, 4) is 6.07 Å². The minimum absolute atomic E-state index is 0.489. The maximum atomic E-state index is 9.09. The van der Waals surface area contributed by atoms with Crippen molar-refractivity contribution in [1.82, 2.24) is 4.98 Å². The first-order valence-electron chi connectivity index (χ1n) is 6.00. The molecule has 90 valence electrons. The van der Waals surface area contributed by atoms with Gasteiger partial charge in [0.2, 0.25) is 0 Å². The van der Waals surface area contributed by atoms with Gasteiger partial charge in [-0.1, -0.05) is 24.3 Å². The number of hydrogen-bond acceptors (Lipinski definition) is 4. The van der Waals surface area contributed by atoms with E-state index < -0.39 is 0 Å². The average molecular weight is 239 g/mol. The second kappa shape index (κ2) is 4.63. The van der Waals surface area contributed by atoms with Crippen LogP contribution in [0.3, 0.4) is 0 Å². The number of nitrogens with zero attached hydrogens (tertiary/aromatic N) is 3. The lowest BCUT2D eigenvalue weighted by Crippen LogP contribution is -2.36. The van der Waals surface area contributed by atoms with Crippen LogP contribution in [0.1, 0.15) is 5.69 Å². The van der Waals surface area contributed by atoms with Gasteiger partial charge < -0.3 is 9.64 Å². The smallest absolute Gasteiger partial charge is 0.148 e. The zero-order valence-electron chi connectivity index (χ0n) is 9.97. The number of pyridine rings is 1. The predicted octanol–water partition coefficient (Wildman–Crippen LogP) is 1.94. The molecule has 1 aliphatic rings. The van der Waals surface area contributed by atoms with Crippen molar-refractivity contribution in [2.75, 3.05) is 31.2 Å². The van der Waals surface area contributed by atoms with Gasteiger partial charge in [-0.2, -0.15) is 5.26 Å². The highest BCUT2D eigenvalue weighted by Crippen LogP contribution is 2.28. The molecule has 4 nitrogen and oxygen atoms in total. The summed E-state index contributed by atoms with van der Waals surface area (Å²) < 4.78 is 5.36. The Morgan fingerprint density at radius 1 is 1.17 bits per heavy atom. The van der Waals surface area contributed by atoms with Gasteiger partial charge in [-0.25, -0.2) is 4.98 Å². The van der Waals surface area contributed by atoms with Gasteiger partial charge in [0.25, 0.3) is 0 Å².